The Morgan fingerprint density at radius 3 is 0.688 bits per heavy atom. The molecule has 540 valence electrons. The van der Waals surface area contributed by atoms with E-state index in [0.29, 0.717) is 65.0 Å². The Kier molecular flexibility index (Phi) is 34.3. The van der Waals surface area contributed by atoms with Crippen molar-refractivity contribution in [2.24, 2.45) is 65.0 Å². The smallest absolute Gasteiger partial charge is 0.0411 e. The van der Waals surface area contributed by atoms with Crippen LogP contribution in [0.5, 0.6) is 0 Å². The largest absolute Gasteiger partial charge is 0.264 e. The van der Waals surface area contributed by atoms with Gasteiger partial charge in [-0.3, -0.25) is 19.9 Å². The Morgan fingerprint density at radius 1 is 0.188 bits per heavy atom. The Hall–Kier alpha value is -4.96. The van der Waals surface area contributed by atoms with Gasteiger partial charge in [0.15, 0.2) is 0 Å². The summed E-state index contributed by atoms with van der Waals surface area (Å²) in [5.74, 6) is 0. The van der Waals surface area contributed by atoms with E-state index in [9.17, 15) is 0 Å². The van der Waals surface area contributed by atoms with Crippen LogP contribution >= 0.6 is 0 Å². The van der Waals surface area contributed by atoms with E-state index in [-0.39, 0.29) is 0 Å². The van der Waals surface area contributed by atoms with Gasteiger partial charge in [0.1, 0.15) is 0 Å². The lowest BCUT2D eigenvalue weighted by atomic mass is 9.85. The zero-order valence-electron chi connectivity index (χ0n) is 69.8. The van der Waals surface area contributed by atoms with Crippen molar-refractivity contribution in [2.75, 3.05) is 0 Å². The molecule has 0 aliphatic carbocycles. The zero-order chi connectivity index (χ0) is 74.4. The Bertz CT molecular complexity index is 2550. The lowest BCUT2D eigenvalue weighted by Crippen LogP contribution is -2.12. The second-order valence-corrected chi connectivity index (χ2v) is 43.2. The molecule has 0 bridgehead atoms. The standard InChI is InChI=1S/2C16H26.4C15H25N/c1-15(2,3)11-13-7-9-14(10-8-13)12-16(4,5)6;1-15(2,3)11-13-8-7-9-14(10-13)12-16(4,5)6;1-14(2,3)8-12-7-13(11-16-10-12)9-15(4,5)6;2*1-14(2,3)9-12-7-8-13(16-11-12)10-15(4,5)6;1-14(2,3)10-12-7-8-16-13(9-12)11-15(4,5)6/h2*7-10H,11-12H2,1-6H3;7,10-11H,8-9H2,1-6H3;2*7-8,11H,9-10H2,1-6H3;7-9H,10-11H2,1-6H3. The van der Waals surface area contributed by atoms with Crippen LogP contribution in [-0.2, 0) is 77.0 Å². The molecule has 96 heavy (non-hydrogen) atoms. The van der Waals surface area contributed by atoms with Crippen molar-refractivity contribution < 1.29 is 0 Å². The molecule has 2 aromatic carbocycles. The minimum Gasteiger partial charge on any atom is -0.264 e. The van der Waals surface area contributed by atoms with E-state index < -0.39 is 0 Å². The Labute approximate surface area is 597 Å². The number of nitrogens with zero attached hydrogens (tertiary/aromatic N) is 4. The molecule has 0 aliphatic heterocycles. The molecule has 4 heterocycles. The van der Waals surface area contributed by atoms with Gasteiger partial charge in [-0.25, -0.2) is 0 Å². The first-order valence-corrected chi connectivity index (χ1v) is 36.8. The lowest BCUT2D eigenvalue weighted by Gasteiger charge is -2.21. The maximum Gasteiger partial charge on any atom is 0.0411 e. The van der Waals surface area contributed by atoms with Crippen LogP contribution in [0.3, 0.4) is 0 Å². The highest BCUT2D eigenvalue weighted by molar-refractivity contribution is 5.27. The van der Waals surface area contributed by atoms with Gasteiger partial charge in [-0.2, -0.15) is 0 Å². The molecule has 0 saturated heterocycles. The molecule has 0 saturated carbocycles. The summed E-state index contributed by atoms with van der Waals surface area (Å²) in [5.41, 5.74) is 20.4. The number of aromatic nitrogens is 4. The predicted octanol–water partition coefficient (Wildman–Crippen LogP) is 26.8. The molecule has 0 aliphatic rings. The van der Waals surface area contributed by atoms with E-state index in [2.05, 4.69) is 360 Å². The van der Waals surface area contributed by atoms with Crippen LogP contribution in [0.25, 0.3) is 0 Å². The average molecular weight is 1310 g/mol. The van der Waals surface area contributed by atoms with Crippen molar-refractivity contribution in [3.05, 3.63) is 189 Å². The van der Waals surface area contributed by atoms with Gasteiger partial charge in [0.25, 0.3) is 0 Å². The normalized spacial score (nSPS) is 12.9. The molecular weight excluding hydrogens is 1160 g/mol. The lowest BCUT2D eigenvalue weighted by molar-refractivity contribution is 0.401. The van der Waals surface area contributed by atoms with E-state index in [1.807, 2.05) is 31.0 Å². The van der Waals surface area contributed by atoms with E-state index in [4.69, 9.17) is 0 Å². The molecule has 4 aromatic heterocycles. The summed E-state index contributed by atoms with van der Waals surface area (Å²) in [6.45, 7) is 81.7. The Morgan fingerprint density at radius 2 is 0.417 bits per heavy atom. The van der Waals surface area contributed by atoms with Gasteiger partial charge in [0.2, 0.25) is 0 Å². The van der Waals surface area contributed by atoms with Crippen LogP contribution in [0.2, 0.25) is 0 Å². The summed E-state index contributed by atoms with van der Waals surface area (Å²) in [5, 5.41) is 0. The molecule has 0 atom stereocenters. The predicted molar refractivity (Wildman–Crippen MR) is 428 cm³/mol. The van der Waals surface area contributed by atoms with Crippen LogP contribution in [0.4, 0.5) is 0 Å². The summed E-state index contributed by atoms with van der Waals surface area (Å²) in [6, 6.07) is 33.7. The second-order valence-electron chi connectivity index (χ2n) is 43.2. The van der Waals surface area contributed by atoms with E-state index >= 15 is 0 Å². The van der Waals surface area contributed by atoms with Crippen molar-refractivity contribution in [1.82, 2.24) is 19.9 Å². The van der Waals surface area contributed by atoms with Crippen LogP contribution in [-0.4, -0.2) is 19.9 Å². The number of rotatable bonds is 12. The molecule has 0 N–H and O–H groups in total. The topological polar surface area (TPSA) is 51.6 Å². The minimum atomic E-state index is 0.313. The van der Waals surface area contributed by atoms with Crippen molar-refractivity contribution in [3.63, 3.8) is 0 Å². The summed E-state index contributed by atoms with van der Waals surface area (Å²) in [7, 11) is 0. The highest BCUT2D eigenvalue weighted by atomic mass is 14.7. The van der Waals surface area contributed by atoms with Crippen LogP contribution < -0.4 is 0 Å². The number of pyridine rings is 4. The molecule has 0 unspecified atom stereocenters. The van der Waals surface area contributed by atoms with E-state index in [1.54, 1.807) is 0 Å². The number of hydrogen-bond donors (Lipinski definition) is 0. The molecule has 4 heteroatoms. The van der Waals surface area contributed by atoms with Crippen molar-refractivity contribution in [2.45, 2.75) is 326 Å². The third kappa shape index (κ3) is 52.1. The first kappa shape index (κ1) is 89.1. The summed E-state index contributed by atoms with van der Waals surface area (Å²) < 4.78 is 0. The molecule has 0 spiro atoms. The van der Waals surface area contributed by atoms with E-state index in [1.165, 1.54) is 67.2 Å². The fourth-order valence-corrected chi connectivity index (χ4v) is 11.6. The molecule has 0 fully saturated rings. The van der Waals surface area contributed by atoms with Crippen LogP contribution in [0.15, 0.2) is 122 Å². The molecular formula is C92H152N4. The van der Waals surface area contributed by atoms with Crippen molar-refractivity contribution in [1.29, 1.82) is 0 Å². The van der Waals surface area contributed by atoms with Crippen molar-refractivity contribution in [3.8, 4) is 0 Å². The second kappa shape index (κ2) is 36.9. The van der Waals surface area contributed by atoms with Gasteiger partial charge >= 0.3 is 0 Å². The SMILES string of the molecule is CC(C)(C)Cc1ccc(CC(C)(C)C)cc1.CC(C)(C)Cc1ccc(CC(C)(C)C)nc1.CC(C)(C)Cc1ccc(CC(C)(C)C)nc1.CC(C)(C)Cc1cccc(CC(C)(C)C)c1.CC(C)(C)Cc1ccnc(CC(C)(C)C)c1.CC(C)(C)Cc1cncc(CC(C)(C)C)c1. The minimum absolute atomic E-state index is 0.313. The monoisotopic (exact) mass is 1310 g/mol. The highest BCUT2D eigenvalue weighted by Gasteiger charge is 2.21. The van der Waals surface area contributed by atoms with E-state index in [0.717, 1.165) is 77.0 Å². The highest BCUT2D eigenvalue weighted by Crippen LogP contribution is 2.30. The van der Waals surface area contributed by atoms with Gasteiger partial charge in [-0.15, -0.1) is 0 Å². The number of hydrogen-bond acceptors (Lipinski definition) is 4. The summed E-state index contributed by atoms with van der Waals surface area (Å²) >= 11 is 0. The third-order valence-corrected chi connectivity index (χ3v) is 14.3. The zero-order valence-corrected chi connectivity index (χ0v) is 69.8. The molecule has 0 amide bonds. The van der Waals surface area contributed by atoms with Crippen molar-refractivity contribution >= 4 is 0 Å². The fraction of sp³-hybridized carbons (Fsp3) is 0.652. The molecule has 6 aromatic rings. The molecule has 6 rings (SSSR count). The Balaban J connectivity index is 0.000000576. The number of benzene rings is 2. The summed E-state index contributed by atoms with van der Waals surface area (Å²) in [6.07, 6.45) is 23.3. The maximum absolute atomic E-state index is 4.55. The van der Waals surface area contributed by atoms with Gasteiger partial charge < -0.3 is 0 Å². The quantitative estimate of drug-likeness (QED) is 0.123. The van der Waals surface area contributed by atoms with Crippen LogP contribution in [0.1, 0.15) is 316 Å². The van der Waals surface area contributed by atoms with Gasteiger partial charge in [-0.1, -0.05) is 316 Å². The fourth-order valence-electron chi connectivity index (χ4n) is 11.6. The van der Waals surface area contributed by atoms with Gasteiger partial charge in [-0.05, 0) is 216 Å². The maximum atomic E-state index is 4.55. The molecule has 4 nitrogen and oxygen atoms in total. The average Bonchev–Trinajstić information content (AvgIpc) is 0.908. The summed E-state index contributed by atoms with van der Waals surface area (Å²) in [4.78, 5) is 17.9. The third-order valence-electron chi connectivity index (χ3n) is 14.3. The van der Waals surface area contributed by atoms with Crippen LogP contribution in [0, 0.1) is 65.0 Å². The molecule has 0 radical (unpaired) electrons. The van der Waals surface area contributed by atoms with Gasteiger partial charge in [0.05, 0.1) is 0 Å². The first-order chi connectivity index (χ1) is 42.9. The first-order valence-electron chi connectivity index (χ1n) is 36.8. The van der Waals surface area contributed by atoms with Gasteiger partial charge in [0, 0.05) is 48.1 Å².